The van der Waals surface area contributed by atoms with E-state index < -0.39 is 0 Å². The Balaban J connectivity index is 1.62. The zero-order valence-electron chi connectivity index (χ0n) is 15.8. The van der Waals surface area contributed by atoms with Gasteiger partial charge in [0.05, 0.1) is 13.2 Å². The molecule has 0 radical (unpaired) electrons. The quantitative estimate of drug-likeness (QED) is 0.728. The van der Waals surface area contributed by atoms with Gasteiger partial charge in [0.25, 0.3) is 5.91 Å². The maximum atomic E-state index is 13.2. The van der Waals surface area contributed by atoms with Gasteiger partial charge in [-0.15, -0.1) is 0 Å². The van der Waals surface area contributed by atoms with Gasteiger partial charge < -0.3 is 14.6 Å². The number of ether oxygens (including phenoxy) is 1. The first-order chi connectivity index (χ1) is 12.9. The third-order valence-electron chi connectivity index (χ3n) is 5.32. The number of benzene rings is 2. The highest BCUT2D eigenvalue weighted by Crippen LogP contribution is 2.28. The number of H-pyrrole nitrogens is 1. The van der Waals surface area contributed by atoms with Crippen molar-refractivity contribution in [3.8, 4) is 0 Å². The SMILES string of the molecule is Cc1cc(C)c2[nH]c(C(=O)N3CCO[C@@H](c4ccc(F)cc4)C3)c(C)c2c1. The summed E-state index contributed by atoms with van der Waals surface area (Å²) < 4.78 is 19.0. The molecule has 2 heterocycles. The van der Waals surface area contributed by atoms with E-state index in [0.29, 0.717) is 25.4 Å². The molecule has 1 aliphatic heterocycles. The molecule has 0 saturated carbocycles. The van der Waals surface area contributed by atoms with Gasteiger partial charge in [-0.3, -0.25) is 4.79 Å². The van der Waals surface area contributed by atoms with Crippen molar-refractivity contribution in [2.45, 2.75) is 26.9 Å². The Morgan fingerprint density at radius 3 is 2.67 bits per heavy atom. The van der Waals surface area contributed by atoms with Crippen LogP contribution in [0.2, 0.25) is 0 Å². The molecule has 1 aromatic heterocycles. The third-order valence-corrected chi connectivity index (χ3v) is 5.32. The highest BCUT2D eigenvalue weighted by atomic mass is 19.1. The Labute approximate surface area is 157 Å². The molecule has 1 fully saturated rings. The largest absolute Gasteiger partial charge is 0.370 e. The number of amides is 1. The average molecular weight is 366 g/mol. The van der Waals surface area contributed by atoms with Gasteiger partial charge in [0.15, 0.2) is 0 Å². The molecule has 4 rings (SSSR count). The lowest BCUT2D eigenvalue weighted by Gasteiger charge is -2.33. The second kappa shape index (κ2) is 6.82. The lowest BCUT2D eigenvalue weighted by molar-refractivity contribution is -0.0230. The Morgan fingerprint density at radius 1 is 1.19 bits per heavy atom. The van der Waals surface area contributed by atoms with Crippen molar-refractivity contribution in [1.29, 1.82) is 0 Å². The maximum Gasteiger partial charge on any atom is 0.270 e. The Hall–Kier alpha value is -2.66. The molecule has 5 heteroatoms. The number of aromatic amines is 1. The number of rotatable bonds is 2. The second-order valence-electron chi connectivity index (χ2n) is 7.29. The minimum Gasteiger partial charge on any atom is -0.370 e. The van der Waals surface area contributed by atoms with E-state index in [1.165, 1.54) is 17.7 Å². The van der Waals surface area contributed by atoms with Crippen molar-refractivity contribution in [3.63, 3.8) is 0 Å². The summed E-state index contributed by atoms with van der Waals surface area (Å²) in [5.74, 6) is -0.293. The summed E-state index contributed by atoms with van der Waals surface area (Å²) in [4.78, 5) is 18.4. The predicted octanol–water partition coefficient (Wildman–Crippen LogP) is 4.45. The highest BCUT2D eigenvalue weighted by Gasteiger charge is 2.28. The number of aromatic nitrogens is 1. The summed E-state index contributed by atoms with van der Waals surface area (Å²) in [6, 6.07) is 10.5. The number of carbonyl (C=O) groups is 1. The molecule has 2 aromatic carbocycles. The van der Waals surface area contributed by atoms with Crippen molar-refractivity contribution >= 4 is 16.8 Å². The molecule has 1 amide bonds. The fourth-order valence-electron chi connectivity index (χ4n) is 3.87. The van der Waals surface area contributed by atoms with Crippen molar-refractivity contribution in [3.05, 3.63) is 70.2 Å². The van der Waals surface area contributed by atoms with E-state index in [1.807, 2.05) is 11.8 Å². The summed E-state index contributed by atoms with van der Waals surface area (Å²) in [7, 11) is 0. The molecule has 1 atom stereocenters. The van der Waals surface area contributed by atoms with Crippen LogP contribution < -0.4 is 0 Å². The first-order valence-electron chi connectivity index (χ1n) is 9.20. The van der Waals surface area contributed by atoms with E-state index in [4.69, 9.17) is 4.74 Å². The zero-order chi connectivity index (χ0) is 19.1. The van der Waals surface area contributed by atoms with Crippen LogP contribution in [0.25, 0.3) is 10.9 Å². The number of aryl methyl sites for hydroxylation is 3. The molecule has 0 bridgehead atoms. The fourth-order valence-corrected chi connectivity index (χ4v) is 3.87. The van der Waals surface area contributed by atoms with Gasteiger partial charge >= 0.3 is 0 Å². The highest BCUT2D eigenvalue weighted by molar-refractivity contribution is 6.01. The summed E-state index contributed by atoms with van der Waals surface area (Å²) in [6.07, 6.45) is -0.239. The third kappa shape index (κ3) is 3.23. The number of carbonyl (C=O) groups excluding carboxylic acids is 1. The van der Waals surface area contributed by atoms with E-state index in [2.05, 4.69) is 31.0 Å². The van der Waals surface area contributed by atoms with Gasteiger partial charge in [0, 0.05) is 17.4 Å². The van der Waals surface area contributed by atoms with Gasteiger partial charge in [0.2, 0.25) is 0 Å². The lowest BCUT2D eigenvalue weighted by atomic mass is 10.0. The molecule has 1 saturated heterocycles. The molecular formula is C22H23FN2O2. The molecular weight excluding hydrogens is 343 g/mol. The molecule has 0 aliphatic carbocycles. The van der Waals surface area contributed by atoms with Crippen molar-refractivity contribution in [2.75, 3.05) is 19.7 Å². The molecule has 1 N–H and O–H groups in total. The van der Waals surface area contributed by atoms with Gasteiger partial charge in [-0.1, -0.05) is 23.8 Å². The van der Waals surface area contributed by atoms with Crippen LogP contribution in [0, 0.1) is 26.6 Å². The standard InChI is InChI=1S/C22H23FN2O2/c1-13-10-14(2)20-18(11-13)15(3)21(24-20)22(26)25-8-9-27-19(12-25)16-4-6-17(23)7-5-16/h4-7,10-11,19,24H,8-9,12H2,1-3H3/t19-/m1/s1. The van der Waals surface area contributed by atoms with Crippen molar-refractivity contribution in [2.24, 2.45) is 0 Å². The first-order valence-corrected chi connectivity index (χ1v) is 9.20. The van der Waals surface area contributed by atoms with Crippen LogP contribution in [-0.4, -0.2) is 35.5 Å². The summed E-state index contributed by atoms with van der Waals surface area (Å²) in [6.45, 7) is 7.57. The average Bonchev–Trinajstić information content (AvgIpc) is 2.99. The van der Waals surface area contributed by atoms with Crippen LogP contribution in [0.1, 0.15) is 38.8 Å². The Morgan fingerprint density at radius 2 is 1.93 bits per heavy atom. The van der Waals surface area contributed by atoms with E-state index in [1.54, 1.807) is 12.1 Å². The predicted molar refractivity (Wildman–Crippen MR) is 104 cm³/mol. The number of fused-ring (bicyclic) bond motifs is 1. The maximum absolute atomic E-state index is 13.2. The minimum atomic E-state index is -0.276. The molecule has 27 heavy (non-hydrogen) atoms. The Kier molecular flexibility index (Phi) is 4.48. The van der Waals surface area contributed by atoms with Gasteiger partial charge in [0.1, 0.15) is 17.6 Å². The van der Waals surface area contributed by atoms with E-state index in [0.717, 1.165) is 27.6 Å². The number of hydrogen-bond acceptors (Lipinski definition) is 2. The minimum absolute atomic E-state index is 0.0174. The van der Waals surface area contributed by atoms with Crippen LogP contribution in [0.3, 0.4) is 0 Å². The topological polar surface area (TPSA) is 45.3 Å². The van der Waals surface area contributed by atoms with Gasteiger partial charge in [-0.05, 0) is 55.7 Å². The number of nitrogens with one attached hydrogen (secondary N) is 1. The summed E-state index contributed by atoms with van der Waals surface area (Å²) >= 11 is 0. The number of nitrogens with zero attached hydrogens (tertiary/aromatic N) is 1. The van der Waals surface area contributed by atoms with Gasteiger partial charge in [-0.25, -0.2) is 4.39 Å². The monoisotopic (exact) mass is 366 g/mol. The van der Waals surface area contributed by atoms with Gasteiger partial charge in [-0.2, -0.15) is 0 Å². The zero-order valence-corrected chi connectivity index (χ0v) is 15.8. The van der Waals surface area contributed by atoms with E-state index in [-0.39, 0.29) is 17.8 Å². The first kappa shape index (κ1) is 17.7. The van der Waals surface area contributed by atoms with Crippen LogP contribution in [0.15, 0.2) is 36.4 Å². The fraction of sp³-hybridized carbons (Fsp3) is 0.318. The number of morpholine rings is 1. The number of hydrogen-bond donors (Lipinski definition) is 1. The lowest BCUT2D eigenvalue weighted by Crippen LogP contribution is -2.42. The molecule has 4 nitrogen and oxygen atoms in total. The Bertz CT molecular complexity index is 1010. The molecule has 140 valence electrons. The summed E-state index contributed by atoms with van der Waals surface area (Å²) in [5, 5.41) is 1.10. The molecule has 3 aromatic rings. The number of halogens is 1. The normalized spacial score (nSPS) is 17.5. The smallest absolute Gasteiger partial charge is 0.270 e. The van der Waals surface area contributed by atoms with Crippen molar-refractivity contribution < 1.29 is 13.9 Å². The molecule has 0 spiro atoms. The van der Waals surface area contributed by atoms with E-state index >= 15 is 0 Å². The molecule has 1 aliphatic rings. The second-order valence-corrected chi connectivity index (χ2v) is 7.29. The van der Waals surface area contributed by atoms with Crippen LogP contribution in [-0.2, 0) is 4.74 Å². The van der Waals surface area contributed by atoms with E-state index in [9.17, 15) is 9.18 Å². The summed E-state index contributed by atoms with van der Waals surface area (Å²) in [5.41, 5.74) is 5.84. The van der Waals surface area contributed by atoms with Crippen molar-refractivity contribution in [1.82, 2.24) is 9.88 Å². The van der Waals surface area contributed by atoms with Crippen LogP contribution in [0.5, 0.6) is 0 Å². The van der Waals surface area contributed by atoms with Crippen LogP contribution in [0.4, 0.5) is 4.39 Å². The van der Waals surface area contributed by atoms with Crippen LogP contribution >= 0.6 is 0 Å². The molecule has 0 unspecified atom stereocenters.